The van der Waals surface area contributed by atoms with Crippen LogP contribution in [0.5, 0.6) is 0 Å². The lowest BCUT2D eigenvalue weighted by Gasteiger charge is -2.01. The topological polar surface area (TPSA) is 47.8 Å². The number of benzene rings is 1. The predicted octanol–water partition coefficient (Wildman–Crippen LogP) is 2.46. The van der Waals surface area contributed by atoms with Gasteiger partial charge in [0.25, 0.3) is 0 Å². The second kappa shape index (κ2) is 4.35. The lowest BCUT2D eigenvalue weighted by Crippen LogP contribution is -2.08. The Morgan fingerprint density at radius 2 is 2.00 bits per heavy atom. The molecule has 0 saturated heterocycles. The number of carbonyl (C=O) groups excluding carboxylic acids is 1. The minimum absolute atomic E-state index is 0.143. The molecule has 2 rings (SSSR count). The molecule has 0 fully saturated rings. The molecular formula is C10H7BrClN3O. The highest BCUT2D eigenvalue weighted by Gasteiger charge is 2.18. The van der Waals surface area contributed by atoms with E-state index in [1.807, 2.05) is 0 Å². The molecular weight excluding hydrogens is 293 g/mol. The zero-order valence-electron chi connectivity index (χ0n) is 8.32. The Morgan fingerprint density at radius 3 is 2.50 bits per heavy atom. The van der Waals surface area contributed by atoms with Gasteiger partial charge in [-0.3, -0.25) is 4.79 Å². The first-order valence-electron chi connectivity index (χ1n) is 4.45. The normalized spacial score (nSPS) is 10.4. The van der Waals surface area contributed by atoms with E-state index in [1.165, 1.54) is 4.68 Å². The summed E-state index contributed by atoms with van der Waals surface area (Å²) in [5.41, 5.74) is 0.970. The molecule has 2 aromatic rings. The van der Waals surface area contributed by atoms with Crippen LogP contribution >= 0.6 is 27.5 Å². The first-order chi connectivity index (χ1) is 7.59. The van der Waals surface area contributed by atoms with Gasteiger partial charge in [-0.15, -0.1) is 5.10 Å². The number of aromatic nitrogens is 3. The van der Waals surface area contributed by atoms with Crippen LogP contribution in [0.4, 0.5) is 0 Å². The highest BCUT2D eigenvalue weighted by atomic mass is 79.9. The van der Waals surface area contributed by atoms with Crippen molar-refractivity contribution in [2.45, 2.75) is 0 Å². The van der Waals surface area contributed by atoms with Crippen molar-refractivity contribution < 1.29 is 4.79 Å². The Balaban J connectivity index is 2.43. The molecule has 4 nitrogen and oxygen atoms in total. The van der Waals surface area contributed by atoms with Gasteiger partial charge in [0.1, 0.15) is 5.69 Å². The first kappa shape index (κ1) is 11.3. The van der Waals surface area contributed by atoms with Crippen LogP contribution in [0, 0.1) is 0 Å². The Morgan fingerprint density at radius 1 is 1.38 bits per heavy atom. The largest absolute Gasteiger partial charge is 0.287 e. The summed E-state index contributed by atoms with van der Waals surface area (Å²) in [6.45, 7) is 0. The van der Waals surface area contributed by atoms with Gasteiger partial charge >= 0.3 is 0 Å². The van der Waals surface area contributed by atoms with E-state index in [-0.39, 0.29) is 5.78 Å². The van der Waals surface area contributed by atoms with Crippen molar-refractivity contribution in [3.63, 3.8) is 0 Å². The zero-order chi connectivity index (χ0) is 11.7. The van der Waals surface area contributed by atoms with E-state index in [1.54, 1.807) is 31.3 Å². The van der Waals surface area contributed by atoms with E-state index in [9.17, 15) is 4.79 Å². The predicted molar refractivity (Wildman–Crippen MR) is 63.6 cm³/mol. The summed E-state index contributed by atoms with van der Waals surface area (Å²) >= 11 is 8.94. The number of hydrogen-bond acceptors (Lipinski definition) is 3. The molecule has 82 valence electrons. The van der Waals surface area contributed by atoms with E-state index in [2.05, 4.69) is 26.2 Å². The second-order valence-electron chi connectivity index (χ2n) is 3.19. The third-order valence-corrected chi connectivity index (χ3v) is 2.89. The SMILES string of the molecule is Cn1nnc(Br)c1C(=O)c1ccc(Cl)cc1. The quantitative estimate of drug-likeness (QED) is 0.801. The first-order valence-corrected chi connectivity index (χ1v) is 5.62. The smallest absolute Gasteiger partial charge is 0.213 e. The van der Waals surface area contributed by atoms with E-state index < -0.39 is 0 Å². The Labute approximate surface area is 105 Å². The van der Waals surface area contributed by atoms with Gasteiger partial charge in [-0.2, -0.15) is 0 Å². The Hall–Kier alpha value is -1.20. The third kappa shape index (κ3) is 2.01. The summed E-state index contributed by atoms with van der Waals surface area (Å²) in [5.74, 6) is -0.143. The van der Waals surface area contributed by atoms with E-state index in [4.69, 9.17) is 11.6 Å². The summed E-state index contributed by atoms with van der Waals surface area (Å²) in [6, 6.07) is 6.69. The number of hydrogen-bond donors (Lipinski definition) is 0. The van der Waals surface area contributed by atoms with Crippen LogP contribution in [-0.4, -0.2) is 20.8 Å². The van der Waals surface area contributed by atoms with Crippen LogP contribution in [0.3, 0.4) is 0 Å². The molecule has 0 atom stereocenters. The molecule has 1 aromatic heterocycles. The van der Waals surface area contributed by atoms with Gasteiger partial charge in [0.05, 0.1) is 0 Å². The van der Waals surface area contributed by atoms with Gasteiger partial charge in [0, 0.05) is 17.6 Å². The fourth-order valence-electron chi connectivity index (χ4n) is 1.31. The van der Waals surface area contributed by atoms with Crippen LogP contribution in [0.25, 0.3) is 0 Å². The van der Waals surface area contributed by atoms with Crippen LogP contribution in [0.1, 0.15) is 16.1 Å². The van der Waals surface area contributed by atoms with Crippen molar-refractivity contribution in [3.05, 3.63) is 45.1 Å². The monoisotopic (exact) mass is 299 g/mol. The van der Waals surface area contributed by atoms with Crippen LogP contribution < -0.4 is 0 Å². The molecule has 0 aliphatic heterocycles. The minimum Gasteiger partial charge on any atom is -0.287 e. The molecule has 1 aromatic carbocycles. The van der Waals surface area contributed by atoms with Crippen molar-refractivity contribution >= 4 is 33.3 Å². The van der Waals surface area contributed by atoms with Crippen LogP contribution in [0.15, 0.2) is 28.9 Å². The Bertz CT molecular complexity index is 516. The zero-order valence-corrected chi connectivity index (χ0v) is 10.7. The van der Waals surface area contributed by atoms with E-state index in [0.717, 1.165) is 0 Å². The second-order valence-corrected chi connectivity index (χ2v) is 4.38. The lowest BCUT2D eigenvalue weighted by atomic mass is 10.1. The number of halogens is 2. The standard InChI is InChI=1S/C10H7BrClN3O/c1-15-8(10(11)13-14-15)9(16)6-2-4-7(12)5-3-6/h2-5H,1H3. The van der Waals surface area contributed by atoms with Crippen molar-refractivity contribution in [3.8, 4) is 0 Å². The maximum atomic E-state index is 12.1. The Kier molecular flexibility index (Phi) is 3.07. The molecule has 0 bridgehead atoms. The number of ketones is 1. The van der Waals surface area contributed by atoms with Gasteiger partial charge in [-0.1, -0.05) is 16.8 Å². The number of aryl methyl sites for hydroxylation is 1. The van der Waals surface area contributed by atoms with Crippen LogP contribution in [0.2, 0.25) is 5.02 Å². The molecule has 0 aliphatic rings. The number of rotatable bonds is 2. The van der Waals surface area contributed by atoms with Gasteiger partial charge < -0.3 is 0 Å². The van der Waals surface area contributed by atoms with Crippen LogP contribution in [-0.2, 0) is 7.05 Å². The molecule has 0 aliphatic carbocycles. The number of nitrogens with zero attached hydrogens (tertiary/aromatic N) is 3. The van der Waals surface area contributed by atoms with E-state index >= 15 is 0 Å². The summed E-state index contributed by atoms with van der Waals surface area (Å²) in [6.07, 6.45) is 0. The molecule has 0 spiro atoms. The van der Waals surface area contributed by atoms with Crippen molar-refractivity contribution in [1.29, 1.82) is 0 Å². The van der Waals surface area contributed by atoms with Crippen molar-refractivity contribution in [2.75, 3.05) is 0 Å². The highest BCUT2D eigenvalue weighted by Crippen LogP contribution is 2.18. The molecule has 0 unspecified atom stereocenters. The van der Waals surface area contributed by atoms with Crippen molar-refractivity contribution in [1.82, 2.24) is 15.0 Å². The van der Waals surface area contributed by atoms with Gasteiger partial charge in [-0.05, 0) is 40.2 Å². The molecule has 0 N–H and O–H groups in total. The molecule has 6 heteroatoms. The average molecular weight is 301 g/mol. The lowest BCUT2D eigenvalue weighted by molar-refractivity contribution is 0.102. The molecule has 0 amide bonds. The molecule has 0 saturated carbocycles. The minimum atomic E-state index is -0.143. The summed E-state index contributed by atoms with van der Waals surface area (Å²) in [4.78, 5) is 12.1. The van der Waals surface area contributed by atoms with Gasteiger partial charge in [-0.25, -0.2) is 4.68 Å². The van der Waals surface area contributed by atoms with Gasteiger partial charge in [0.15, 0.2) is 4.60 Å². The maximum Gasteiger partial charge on any atom is 0.213 e. The highest BCUT2D eigenvalue weighted by molar-refractivity contribution is 9.10. The van der Waals surface area contributed by atoms with Crippen molar-refractivity contribution in [2.24, 2.45) is 7.05 Å². The fraction of sp³-hybridized carbons (Fsp3) is 0.100. The fourth-order valence-corrected chi connectivity index (χ4v) is 1.94. The van der Waals surface area contributed by atoms with E-state index in [0.29, 0.717) is 20.9 Å². The maximum absolute atomic E-state index is 12.1. The molecule has 1 heterocycles. The average Bonchev–Trinajstić information content (AvgIpc) is 2.59. The number of carbonyl (C=O) groups is 1. The summed E-state index contributed by atoms with van der Waals surface area (Å²) < 4.78 is 1.87. The van der Waals surface area contributed by atoms with Gasteiger partial charge in [0.2, 0.25) is 5.78 Å². The summed E-state index contributed by atoms with van der Waals surface area (Å²) in [7, 11) is 1.67. The molecule has 16 heavy (non-hydrogen) atoms. The summed E-state index contributed by atoms with van der Waals surface area (Å²) in [5, 5.41) is 8.11. The molecule has 0 radical (unpaired) electrons. The third-order valence-electron chi connectivity index (χ3n) is 2.11.